The van der Waals surface area contributed by atoms with E-state index < -0.39 is 0 Å². The fourth-order valence-corrected chi connectivity index (χ4v) is 2.70. The first-order valence-corrected chi connectivity index (χ1v) is 7.05. The summed E-state index contributed by atoms with van der Waals surface area (Å²) < 4.78 is 0. The van der Waals surface area contributed by atoms with Crippen molar-refractivity contribution >= 4 is 29.0 Å². The van der Waals surface area contributed by atoms with Crippen LogP contribution in [0.25, 0.3) is 6.08 Å². The highest BCUT2D eigenvalue weighted by molar-refractivity contribution is 7.11. The quantitative estimate of drug-likeness (QED) is 0.827. The number of carbonyl (C=O) groups is 1. The molecule has 1 aromatic heterocycles. The van der Waals surface area contributed by atoms with Gasteiger partial charge >= 0.3 is 0 Å². The molecule has 0 aliphatic heterocycles. The smallest absolute Gasteiger partial charge is 0.248 e. The Morgan fingerprint density at radius 3 is 2.37 bits per heavy atom. The first kappa shape index (κ1) is 13.6. The first-order valence-electron chi connectivity index (χ1n) is 6.17. The van der Waals surface area contributed by atoms with Crippen LogP contribution in [0.3, 0.4) is 0 Å². The summed E-state index contributed by atoms with van der Waals surface area (Å²) in [5.74, 6) is -0.0924. The molecule has 19 heavy (non-hydrogen) atoms. The standard InChI is InChI=1S/C16H17NOS/c1-11-9-10-19-14(11)7-8-15(18)17-16-12(2)5-4-6-13(16)3/h4-10H,1-3H3,(H,17,18)/b8-7+. The van der Waals surface area contributed by atoms with E-state index >= 15 is 0 Å². The number of hydrogen-bond acceptors (Lipinski definition) is 2. The lowest BCUT2D eigenvalue weighted by Crippen LogP contribution is -2.10. The summed E-state index contributed by atoms with van der Waals surface area (Å²) in [6.07, 6.45) is 3.45. The van der Waals surface area contributed by atoms with Crippen LogP contribution < -0.4 is 5.32 Å². The second-order valence-electron chi connectivity index (χ2n) is 4.56. The number of amides is 1. The molecule has 0 radical (unpaired) electrons. The molecule has 0 aliphatic rings. The van der Waals surface area contributed by atoms with Gasteiger partial charge in [-0.15, -0.1) is 11.3 Å². The fraction of sp³-hybridized carbons (Fsp3) is 0.188. The van der Waals surface area contributed by atoms with Crippen LogP contribution >= 0.6 is 11.3 Å². The van der Waals surface area contributed by atoms with E-state index in [1.54, 1.807) is 17.4 Å². The Kier molecular flexibility index (Phi) is 4.17. The molecule has 0 bridgehead atoms. The Bertz CT molecular complexity index is 605. The van der Waals surface area contributed by atoms with Crippen LogP contribution in [0.5, 0.6) is 0 Å². The van der Waals surface area contributed by atoms with Gasteiger partial charge in [0, 0.05) is 16.6 Å². The van der Waals surface area contributed by atoms with Crippen LogP contribution in [-0.4, -0.2) is 5.91 Å². The van der Waals surface area contributed by atoms with Crippen molar-refractivity contribution in [2.75, 3.05) is 5.32 Å². The number of rotatable bonds is 3. The molecule has 2 nitrogen and oxygen atoms in total. The van der Waals surface area contributed by atoms with E-state index in [2.05, 4.69) is 5.32 Å². The Balaban J connectivity index is 2.10. The second kappa shape index (κ2) is 5.85. The molecule has 2 aromatic rings. The minimum absolute atomic E-state index is 0.0924. The molecule has 0 unspecified atom stereocenters. The SMILES string of the molecule is Cc1ccsc1/C=C/C(=O)Nc1c(C)cccc1C. The molecule has 0 saturated carbocycles. The summed E-state index contributed by atoms with van der Waals surface area (Å²) in [7, 11) is 0. The van der Waals surface area contributed by atoms with Gasteiger partial charge in [0.25, 0.3) is 0 Å². The number of carbonyl (C=O) groups excluding carboxylic acids is 1. The molecule has 3 heteroatoms. The van der Waals surface area contributed by atoms with Gasteiger partial charge in [0.1, 0.15) is 0 Å². The van der Waals surface area contributed by atoms with Gasteiger partial charge in [0.15, 0.2) is 0 Å². The highest BCUT2D eigenvalue weighted by Crippen LogP contribution is 2.20. The van der Waals surface area contributed by atoms with Crippen LogP contribution in [-0.2, 0) is 4.79 Å². The number of thiophene rings is 1. The number of benzene rings is 1. The van der Waals surface area contributed by atoms with Crippen molar-refractivity contribution in [2.24, 2.45) is 0 Å². The number of para-hydroxylation sites is 1. The zero-order valence-electron chi connectivity index (χ0n) is 11.4. The minimum Gasteiger partial charge on any atom is -0.322 e. The number of anilines is 1. The molecule has 0 fully saturated rings. The van der Waals surface area contributed by atoms with Crippen molar-refractivity contribution in [3.8, 4) is 0 Å². The van der Waals surface area contributed by atoms with Crippen LogP contribution in [0, 0.1) is 20.8 Å². The topological polar surface area (TPSA) is 29.1 Å². The molecule has 0 saturated heterocycles. The van der Waals surface area contributed by atoms with E-state index in [1.165, 1.54) is 5.56 Å². The molecule has 0 atom stereocenters. The van der Waals surface area contributed by atoms with Crippen molar-refractivity contribution in [2.45, 2.75) is 20.8 Å². The maximum absolute atomic E-state index is 11.9. The van der Waals surface area contributed by atoms with E-state index in [0.29, 0.717) is 0 Å². The predicted octanol–water partition coefficient (Wildman–Crippen LogP) is 4.33. The average Bonchev–Trinajstić information content (AvgIpc) is 2.77. The monoisotopic (exact) mass is 271 g/mol. The third kappa shape index (κ3) is 3.32. The van der Waals surface area contributed by atoms with E-state index in [4.69, 9.17) is 0 Å². The maximum Gasteiger partial charge on any atom is 0.248 e. The molecular formula is C16H17NOS. The van der Waals surface area contributed by atoms with Gasteiger partial charge in [0.2, 0.25) is 5.91 Å². The van der Waals surface area contributed by atoms with Gasteiger partial charge in [0.05, 0.1) is 0 Å². The normalized spacial score (nSPS) is 10.9. The highest BCUT2D eigenvalue weighted by atomic mass is 32.1. The maximum atomic E-state index is 11.9. The largest absolute Gasteiger partial charge is 0.322 e. The van der Waals surface area contributed by atoms with Crippen molar-refractivity contribution < 1.29 is 4.79 Å². The summed E-state index contributed by atoms with van der Waals surface area (Å²) >= 11 is 1.64. The van der Waals surface area contributed by atoms with Crippen molar-refractivity contribution in [1.29, 1.82) is 0 Å². The lowest BCUT2D eigenvalue weighted by atomic mass is 10.1. The van der Waals surface area contributed by atoms with Gasteiger partial charge in [-0.2, -0.15) is 0 Å². The van der Waals surface area contributed by atoms with Crippen LogP contribution in [0.1, 0.15) is 21.6 Å². The Morgan fingerprint density at radius 2 is 1.79 bits per heavy atom. The molecule has 1 heterocycles. The number of nitrogens with one attached hydrogen (secondary N) is 1. The first-order chi connectivity index (χ1) is 9.08. The summed E-state index contributed by atoms with van der Waals surface area (Å²) in [5.41, 5.74) is 4.25. The van der Waals surface area contributed by atoms with E-state index in [1.807, 2.05) is 56.5 Å². The van der Waals surface area contributed by atoms with E-state index in [9.17, 15) is 4.79 Å². The Hall–Kier alpha value is -1.87. The zero-order chi connectivity index (χ0) is 13.8. The number of aryl methyl sites for hydroxylation is 3. The predicted molar refractivity (Wildman–Crippen MR) is 82.6 cm³/mol. The molecule has 1 N–H and O–H groups in total. The molecule has 1 amide bonds. The van der Waals surface area contributed by atoms with E-state index in [0.717, 1.165) is 21.7 Å². The van der Waals surface area contributed by atoms with Crippen LogP contribution in [0.2, 0.25) is 0 Å². The average molecular weight is 271 g/mol. The third-order valence-electron chi connectivity index (χ3n) is 3.02. The molecule has 0 aliphatic carbocycles. The molecule has 2 rings (SSSR count). The summed E-state index contributed by atoms with van der Waals surface area (Å²) in [6.45, 7) is 6.03. The molecule has 98 valence electrons. The Labute approximate surface area is 117 Å². The number of hydrogen-bond donors (Lipinski definition) is 1. The lowest BCUT2D eigenvalue weighted by Gasteiger charge is -2.09. The summed E-state index contributed by atoms with van der Waals surface area (Å²) in [5, 5.41) is 4.97. The molecule has 1 aromatic carbocycles. The van der Waals surface area contributed by atoms with E-state index in [-0.39, 0.29) is 5.91 Å². The highest BCUT2D eigenvalue weighted by Gasteiger charge is 2.04. The molecule has 0 spiro atoms. The molecular weight excluding hydrogens is 254 g/mol. The second-order valence-corrected chi connectivity index (χ2v) is 5.50. The van der Waals surface area contributed by atoms with Gasteiger partial charge in [-0.3, -0.25) is 4.79 Å². The Morgan fingerprint density at radius 1 is 1.11 bits per heavy atom. The summed E-state index contributed by atoms with van der Waals surface area (Å²) in [6, 6.07) is 8.03. The minimum atomic E-state index is -0.0924. The fourth-order valence-electron chi connectivity index (χ4n) is 1.88. The van der Waals surface area contributed by atoms with Gasteiger partial charge < -0.3 is 5.32 Å². The van der Waals surface area contributed by atoms with Gasteiger partial charge in [-0.25, -0.2) is 0 Å². The van der Waals surface area contributed by atoms with Gasteiger partial charge in [-0.1, -0.05) is 18.2 Å². The van der Waals surface area contributed by atoms with Crippen molar-refractivity contribution in [3.63, 3.8) is 0 Å². The van der Waals surface area contributed by atoms with Crippen molar-refractivity contribution in [3.05, 3.63) is 57.3 Å². The van der Waals surface area contributed by atoms with Crippen LogP contribution in [0.15, 0.2) is 35.7 Å². The summed E-state index contributed by atoms with van der Waals surface area (Å²) in [4.78, 5) is 13.1. The zero-order valence-corrected chi connectivity index (χ0v) is 12.2. The lowest BCUT2D eigenvalue weighted by molar-refractivity contribution is -0.111. The van der Waals surface area contributed by atoms with Crippen molar-refractivity contribution in [1.82, 2.24) is 0 Å². The van der Waals surface area contributed by atoms with Gasteiger partial charge in [-0.05, 0) is 55.0 Å². The van der Waals surface area contributed by atoms with Crippen LogP contribution in [0.4, 0.5) is 5.69 Å². The third-order valence-corrected chi connectivity index (χ3v) is 4.00.